The van der Waals surface area contributed by atoms with Gasteiger partial charge in [0.25, 0.3) is 5.91 Å². The van der Waals surface area contributed by atoms with E-state index in [1.165, 1.54) is 0 Å². The van der Waals surface area contributed by atoms with Crippen molar-refractivity contribution >= 4 is 11.6 Å². The summed E-state index contributed by atoms with van der Waals surface area (Å²) in [6.45, 7) is 6.50. The number of ether oxygens (including phenoxy) is 1. The second-order valence-corrected chi connectivity index (χ2v) is 5.24. The minimum atomic E-state index is -0.00542. The third-order valence-corrected chi connectivity index (χ3v) is 3.63. The van der Waals surface area contributed by atoms with Crippen LogP contribution >= 0.6 is 0 Å². The SMILES string of the molecule is CCNc1ccc(C(=O)NCCC2CCCO2)cc1C. The lowest BCUT2D eigenvalue weighted by atomic mass is 10.1. The molecule has 1 atom stereocenters. The van der Waals surface area contributed by atoms with Crippen molar-refractivity contribution in [1.29, 1.82) is 0 Å². The summed E-state index contributed by atoms with van der Waals surface area (Å²) in [7, 11) is 0. The number of aryl methyl sites for hydroxylation is 1. The minimum absolute atomic E-state index is 0.00542. The Morgan fingerprint density at radius 3 is 2.95 bits per heavy atom. The number of hydrogen-bond acceptors (Lipinski definition) is 3. The topological polar surface area (TPSA) is 50.4 Å². The average molecular weight is 276 g/mol. The molecule has 0 aromatic heterocycles. The lowest BCUT2D eigenvalue weighted by Gasteiger charge is -2.12. The van der Waals surface area contributed by atoms with Gasteiger partial charge in [0.05, 0.1) is 6.10 Å². The van der Waals surface area contributed by atoms with Gasteiger partial charge >= 0.3 is 0 Å². The summed E-state index contributed by atoms with van der Waals surface area (Å²) < 4.78 is 5.54. The molecule has 0 radical (unpaired) electrons. The molecule has 4 nitrogen and oxygen atoms in total. The Morgan fingerprint density at radius 1 is 1.45 bits per heavy atom. The largest absolute Gasteiger partial charge is 0.385 e. The molecule has 1 aromatic rings. The number of rotatable bonds is 6. The Kier molecular flexibility index (Phi) is 5.41. The van der Waals surface area contributed by atoms with Gasteiger partial charge in [-0.05, 0) is 56.9 Å². The maximum absolute atomic E-state index is 12.1. The summed E-state index contributed by atoms with van der Waals surface area (Å²) in [4.78, 5) is 12.1. The summed E-state index contributed by atoms with van der Waals surface area (Å²) >= 11 is 0. The van der Waals surface area contributed by atoms with Gasteiger partial charge in [0.2, 0.25) is 0 Å². The van der Waals surface area contributed by atoms with Gasteiger partial charge in [-0.25, -0.2) is 0 Å². The maximum Gasteiger partial charge on any atom is 0.251 e. The van der Waals surface area contributed by atoms with Crippen molar-refractivity contribution < 1.29 is 9.53 Å². The van der Waals surface area contributed by atoms with E-state index in [0.717, 1.165) is 49.2 Å². The van der Waals surface area contributed by atoms with Gasteiger partial charge in [0.15, 0.2) is 0 Å². The van der Waals surface area contributed by atoms with Gasteiger partial charge in [-0.3, -0.25) is 4.79 Å². The Bertz CT molecular complexity index is 454. The van der Waals surface area contributed by atoms with Crippen LogP contribution in [-0.2, 0) is 4.74 Å². The zero-order chi connectivity index (χ0) is 14.4. The molecular formula is C16H24N2O2. The highest BCUT2D eigenvalue weighted by Crippen LogP contribution is 2.17. The van der Waals surface area contributed by atoms with E-state index < -0.39 is 0 Å². The Balaban J connectivity index is 1.83. The molecule has 1 amide bonds. The van der Waals surface area contributed by atoms with Gasteiger partial charge in [-0.2, -0.15) is 0 Å². The molecule has 0 bridgehead atoms. The molecular weight excluding hydrogens is 252 g/mol. The second-order valence-electron chi connectivity index (χ2n) is 5.24. The van der Waals surface area contributed by atoms with E-state index in [-0.39, 0.29) is 5.91 Å². The highest BCUT2D eigenvalue weighted by atomic mass is 16.5. The van der Waals surface area contributed by atoms with Crippen molar-refractivity contribution in [3.05, 3.63) is 29.3 Å². The zero-order valence-electron chi connectivity index (χ0n) is 12.4. The molecule has 2 rings (SSSR count). The molecule has 4 heteroatoms. The van der Waals surface area contributed by atoms with E-state index in [0.29, 0.717) is 12.6 Å². The van der Waals surface area contributed by atoms with Crippen LogP contribution in [-0.4, -0.2) is 31.7 Å². The first kappa shape index (κ1) is 14.9. The molecule has 110 valence electrons. The molecule has 1 aromatic carbocycles. The summed E-state index contributed by atoms with van der Waals surface area (Å²) in [5, 5.41) is 6.24. The summed E-state index contributed by atoms with van der Waals surface area (Å²) in [5.41, 5.74) is 2.90. The first-order chi connectivity index (χ1) is 9.70. The lowest BCUT2D eigenvalue weighted by molar-refractivity contribution is 0.0907. The van der Waals surface area contributed by atoms with Crippen LogP contribution in [0.25, 0.3) is 0 Å². The van der Waals surface area contributed by atoms with E-state index in [2.05, 4.69) is 17.6 Å². The van der Waals surface area contributed by atoms with Crippen LogP contribution in [0.2, 0.25) is 0 Å². The Morgan fingerprint density at radius 2 is 2.30 bits per heavy atom. The van der Waals surface area contributed by atoms with Gasteiger partial charge in [-0.15, -0.1) is 0 Å². The van der Waals surface area contributed by atoms with Crippen molar-refractivity contribution in [2.45, 2.75) is 39.2 Å². The standard InChI is InChI=1S/C16H24N2O2/c1-3-17-15-7-6-13(11-12(15)2)16(19)18-9-8-14-5-4-10-20-14/h6-7,11,14,17H,3-5,8-10H2,1-2H3,(H,18,19). The second kappa shape index (κ2) is 7.29. The summed E-state index contributed by atoms with van der Waals surface area (Å²) in [6.07, 6.45) is 3.49. The predicted molar refractivity (Wildman–Crippen MR) is 81.3 cm³/mol. The number of anilines is 1. The fourth-order valence-corrected chi connectivity index (χ4v) is 2.51. The van der Waals surface area contributed by atoms with E-state index >= 15 is 0 Å². The number of carbonyl (C=O) groups is 1. The quantitative estimate of drug-likeness (QED) is 0.840. The fraction of sp³-hybridized carbons (Fsp3) is 0.562. The molecule has 0 spiro atoms. The molecule has 1 saturated heterocycles. The van der Waals surface area contributed by atoms with Crippen molar-refractivity contribution in [3.8, 4) is 0 Å². The minimum Gasteiger partial charge on any atom is -0.385 e. The molecule has 1 unspecified atom stereocenters. The van der Waals surface area contributed by atoms with Gasteiger partial charge in [0.1, 0.15) is 0 Å². The lowest BCUT2D eigenvalue weighted by Crippen LogP contribution is -2.27. The van der Waals surface area contributed by atoms with Crippen LogP contribution in [0.15, 0.2) is 18.2 Å². The molecule has 0 saturated carbocycles. The van der Waals surface area contributed by atoms with Crippen LogP contribution in [0, 0.1) is 6.92 Å². The Labute approximate surface area is 120 Å². The van der Waals surface area contributed by atoms with Gasteiger partial charge in [0, 0.05) is 30.9 Å². The monoisotopic (exact) mass is 276 g/mol. The molecule has 0 aliphatic carbocycles. The highest BCUT2D eigenvalue weighted by molar-refractivity contribution is 5.94. The zero-order valence-corrected chi connectivity index (χ0v) is 12.4. The van der Waals surface area contributed by atoms with Crippen LogP contribution in [0.5, 0.6) is 0 Å². The molecule has 1 aliphatic rings. The van der Waals surface area contributed by atoms with Crippen LogP contribution in [0.1, 0.15) is 42.1 Å². The summed E-state index contributed by atoms with van der Waals surface area (Å²) in [5.74, 6) is -0.00542. The van der Waals surface area contributed by atoms with Gasteiger partial charge in [-0.1, -0.05) is 0 Å². The van der Waals surface area contributed by atoms with Crippen molar-refractivity contribution in [2.75, 3.05) is 25.0 Å². The number of benzene rings is 1. The fourth-order valence-electron chi connectivity index (χ4n) is 2.51. The van der Waals surface area contributed by atoms with Crippen LogP contribution < -0.4 is 10.6 Å². The third kappa shape index (κ3) is 3.97. The first-order valence-electron chi connectivity index (χ1n) is 7.45. The number of carbonyl (C=O) groups excluding carboxylic acids is 1. The number of nitrogens with one attached hydrogen (secondary N) is 2. The van der Waals surface area contributed by atoms with Crippen LogP contribution in [0.4, 0.5) is 5.69 Å². The Hall–Kier alpha value is -1.55. The van der Waals surface area contributed by atoms with Crippen molar-refractivity contribution in [2.24, 2.45) is 0 Å². The van der Waals surface area contributed by atoms with Crippen molar-refractivity contribution in [3.63, 3.8) is 0 Å². The van der Waals surface area contributed by atoms with E-state index in [1.807, 2.05) is 25.1 Å². The maximum atomic E-state index is 12.1. The predicted octanol–water partition coefficient (Wildman–Crippen LogP) is 2.73. The molecule has 2 N–H and O–H groups in total. The van der Waals surface area contributed by atoms with E-state index in [9.17, 15) is 4.79 Å². The number of amides is 1. The number of hydrogen-bond donors (Lipinski definition) is 2. The normalized spacial score (nSPS) is 18.0. The molecule has 1 fully saturated rings. The summed E-state index contributed by atoms with van der Waals surface area (Å²) in [6, 6.07) is 5.76. The third-order valence-electron chi connectivity index (χ3n) is 3.63. The molecule has 1 aliphatic heterocycles. The smallest absolute Gasteiger partial charge is 0.251 e. The average Bonchev–Trinajstić information content (AvgIpc) is 2.94. The first-order valence-corrected chi connectivity index (χ1v) is 7.45. The highest BCUT2D eigenvalue weighted by Gasteiger charge is 2.15. The molecule has 1 heterocycles. The van der Waals surface area contributed by atoms with E-state index in [4.69, 9.17) is 4.74 Å². The van der Waals surface area contributed by atoms with Crippen LogP contribution in [0.3, 0.4) is 0 Å². The van der Waals surface area contributed by atoms with Gasteiger partial charge < -0.3 is 15.4 Å². The van der Waals surface area contributed by atoms with E-state index in [1.54, 1.807) is 0 Å². The molecule has 20 heavy (non-hydrogen) atoms. The van der Waals surface area contributed by atoms with Crippen molar-refractivity contribution in [1.82, 2.24) is 5.32 Å².